The summed E-state index contributed by atoms with van der Waals surface area (Å²) in [5, 5.41) is 1.46. The van der Waals surface area contributed by atoms with Crippen LogP contribution in [0.3, 0.4) is 0 Å². The van der Waals surface area contributed by atoms with Crippen LogP contribution in [-0.4, -0.2) is 55.5 Å². The molecule has 0 bridgehead atoms. The molecule has 0 saturated carbocycles. The van der Waals surface area contributed by atoms with E-state index in [1.165, 1.54) is 0 Å². The lowest BCUT2D eigenvalue weighted by molar-refractivity contribution is -0.131. The zero-order valence-electron chi connectivity index (χ0n) is 14.9. The molecular weight excluding hydrogens is 369 g/mol. The highest BCUT2D eigenvalue weighted by atomic mass is 35.5. The molecule has 4 nitrogen and oxygen atoms in total. The molecule has 1 aliphatic rings. The average Bonchev–Trinajstić information content (AvgIpc) is 2.64. The van der Waals surface area contributed by atoms with Gasteiger partial charge in [0.05, 0.1) is 6.54 Å². The largest absolute Gasteiger partial charge is 0.369 e. The Hall–Kier alpha value is -1.75. The van der Waals surface area contributed by atoms with Gasteiger partial charge in [0, 0.05) is 55.5 Å². The van der Waals surface area contributed by atoms with Crippen molar-refractivity contribution in [1.29, 1.82) is 0 Å². The highest BCUT2D eigenvalue weighted by Crippen LogP contribution is 2.20. The molecule has 1 amide bonds. The number of carbonyl (C=O) groups excluding carboxylic acids is 1. The van der Waals surface area contributed by atoms with Crippen molar-refractivity contribution >= 4 is 34.8 Å². The van der Waals surface area contributed by atoms with Gasteiger partial charge >= 0.3 is 0 Å². The third-order valence-corrected chi connectivity index (χ3v) is 5.15. The number of hydrogen-bond acceptors (Lipinski definition) is 3. The van der Waals surface area contributed by atoms with Crippen molar-refractivity contribution in [2.24, 2.45) is 0 Å². The van der Waals surface area contributed by atoms with Gasteiger partial charge in [0.2, 0.25) is 5.91 Å². The normalized spacial score (nSPS) is 15.1. The molecule has 0 aromatic heterocycles. The Bertz CT molecular complexity index is 743. The smallest absolute Gasteiger partial charge is 0.236 e. The minimum atomic E-state index is 0.135. The Morgan fingerprint density at radius 2 is 1.69 bits per heavy atom. The maximum Gasteiger partial charge on any atom is 0.236 e. The second-order valence-electron chi connectivity index (χ2n) is 6.62. The summed E-state index contributed by atoms with van der Waals surface area (Å²) in [5.41, 5.74) is 2.22. The number of piperazine rings is 1. The van der Waals surface area contributed by atoms with Gasteiger partial charge in [-0.1, -0.05) is 41.4 Å². The lowest BCUT2D eigenvalue weighted by Gasteiger charge is -2.36. The van der Waals surface area contributed by atoms with E-state index in [0.29, 0.717) is 18.1 Å². The van der Waals surface area contributed by atoms with Gasteiger partial charge in [0.1, 0.15) is 0 Å². The number of amides is 1. The molecule has 2 aromatic carbocycles. The van der Waals surface area contributed by atoms with E-state index < -0.39 is 0 Å². The van der Waals surface area contributed by atoms with Crippen molar-refractivity contribution in [1.82, 2.24) is 9.80 Å². The Morgan fingerprint density at radius 1 is 1.00 bits per heavy atom. The molecule has 1 saturated heterocycles. The zero-order valence-corrected chi connectivity index (χ0v) is 16.4. The maximum atomic E-state index is 12.5. The van der Waals surface area contributed by atoms with E-state index in [0.717, 1.165) is 42.5 Å². The molecule has 6 heteroatoms. The number of anilines is 1. The van der Waals surface area contributed by atoms with Crippen LogP contribution in [0.5, 0.6) is 0 Å². The van der Waals surface area contributed by atoms with Gasteiger partial charge in [-0.05, 0) is 35.9 Å². The van der Waals surface area contributed by atoms with E-state index in [1.807, 2.05) is 49.5 Å². The summed E-state index contributed by atoms with van der Waals surface area (Å²) in [7, 11) is 1.85. The first-order valence-corrected chi connectivity index (χ1v) is 9.48. The summed E-state index contributed by atoms with van der Waals surface area (Å²) in [5.74, 6) is 0.135. The van der Waals surface area contributed by atoms with Gasteiger partial charge < -0.3 is 9.80 Å². The van der Waals surface area contributed by atoms with E-state index in [1.54, 1.807) is 4.90 Å². The number of carbonyl (C=O) groups is 1. The van der Waals surface area contributed by atoms with Crippen LogP contribution in [0.2, 0.25) is 10.0 Å². The van der Waals surface area contributed by atoms with E-state index >= 15 is 0 Å². The van der Waals surface area contributed by atoms with E-state index in [-0.39, 0.29) is 5.91 Å². The van der Waals surface area contributed by atoms with Crippen molar-refractivity contribution in [2.45, 2.75) is 6.54 Å². The molecule has 1 fully saturated rings. The van der Waals surface area contributed by atoms with Crippen LogP contribution in [0.15, 0.2) is 48.5 Å². The average molecular weight is 392 g/mol. The highest BCUT2D eigenvalue weighted by molar-refractivity contribution is 6.31. The molecule has 3 rings (SSSR count). The minimum Gasteiger partial charge on any atom is -0.369 e. The molecule has 1 aliphatic heterocycles. The van der Waals surface area contributed by atoms with Crippen LogP contribution in [0.1, 0.15) is 5.56 Å². The molecule has 0 aliphatic carbocycles. The molecular formula is C20H23Cl2N3O. The molecule has 0 radical (unpaired) electrons. The predicted molar refractivity (Wildman–Crippen MR) is 108 cm³/mol. The fourth-order valence-electron chi connectivity index (χ4n) is 3.10. The lowest BCUT2D eigenvalue weighted by atomic mass is 10.2. The van der Waals surface area contributed by atoms with E-state index in [2.05, 4.69) is 15.9 Å². The standard InChI is InChI=1S/C20H23Cl2N3O/c1-23(14-16-5-7-17(21)8-6-16)20(26)15-24-9-11-25(12-10-24)19-4-2-3-18(22)13-19/h2-8,13H,9-12,14-15H2,1H3. The molecule has 2 aromatic rings. The van der Waals surface area contributed by atoms with Crippen LogP contribution in [0.4, 0.5) is 5.69 Å². The molecule has 138 valence electrons. The first kappa shape index (κ1) is 19.0. The topological polar surface area (TPSA) is 26.8 Å². The number of likely N-dealkylation sites (N-methyl/N-ethyl adjacent to an activating group) is 1. The van der Waals surface area contributed by atoms with Gasteiger partial charge in [-0.3, -0.25) is 9.69 Å². The molecule has 1 heterocycles. The van der Waals surface area contributed by atoms with Gasteiger partial charge in [-0.2, -0.15) is 0 Å². The highest BCUT2D eigenvalue weighted by Gasteiger charge is 2.21. The quantitative estimate of drug-likeness (QED) is 0.775. The minimum absolute atomic E-state index is 0.135. The molecule has 0 spiro atoms. The lowest BCUT2D eigenvalue weighted by Crippen LogP contribution is -2.49. The van der Waals surface area contributed by atoms with Crippen molar-refractivity contribution < 1.29 is 4.79 Å². The third kappa shape index (κ3) is 5.13. The van der Waals surface area contributed by atoms with Crippen LogP contribution in [-0.2, 0) is 11.3 Å². The molecule has 26 heavy (non-hydrogen) atoms. The Balaban J connectivity index is 1.47. The van der Waals surface area contributed by atoms with Gasteiger partial charge in [-0.15, -0.1) is 0 Å². The number of benzene rings is 2. The van der Waals surface area contributed by atoms with Crippen LogP contribution < -0.4 is 4.90 Å². The molecule has 0 atom stereocenters. The molecule has 0 N–H and O–H groups in total. The summed E-state index contributed by atoms with van der Waals surface area (Å²) in [6.07, 6.45) is 0. The third-order valence-electron chi connectivity index (χ3n) is 4.66. The second-order valence-corrected chi connectivity index (χ2v) is 7.49. The number of halogens is 2. The number of rotatable bonds is 5. The second kappa shape index (κ2) is 8.76. The predicted octanol–water partition coefficient (Wildman–Crippen LogP) is 3.77. The summed E-state index contributed by atoms with van der Waals surface area (Å²) >= 11 is 12.0. The van der Waals surface area contributed by atoms with Gasteiger partial charge in [0.15, 0.2) is 0 Å². The summed E-state index contributed by atoms with van der Waals surface area (Å²) < 4.78 is 0. The summed E-state index contributed by atoms with van der Waals surface area (Å²) in [6, 6.07) is 15.5. The van der Waals surface area contributed by atoms with Crippen LogP contribution in [0.25, 0.3) is 0 Å². The van der Waals surface area contributed by atoms with Crippen LogP contribution >= 0.6 is 23.2 Å². The summed E-state index contributed by atoms with van der Waals surface area (Å²) in [6.45, 7) is 4.58. The monoisotopic (exact) mass is 391 g/mol. The Labute approximate surface area is 164 Å². The first-order chi connectivity index (χ1) is 12.5. The fourth-order valence-corrected chi connectivity index (χ4v) is 3.41. The Morgan fingerprint density at radius 3 is 2.35 bits per heavy atom. The SMILES string of the molecule is CN(Cc1ccc(Cl)cc1)C(=O)CN1CCN(c2cccc(Cl)c2)CC1. The van der Waals surface area contributed by atoms with Crippen LogP contribution in [0, 0.1) is 0 Å². The Kier molecular flexibility index (Phi) is 6.41. The maximum absolute atomic E-state index is 12.5. The van der Waals surface area contributed by atoms with E-state index in [4.69, 9.17) is 23.2 Å². The summed E-state index contributed by atoms with van der Waals surface area (Å²) in [4.78, 5) is 18.8. The van der Waals surface area contributed by atoms with Crippen molar-refractivity contribution in [3.8, 4) is 0 Å². The number of hydrogen-bond donors (Lipinski definition) is 0. The fraction of sp³-hybridized carbons (Fsp3) is 0.350. The van der Waals surface area contributed by atoms with Crippen molar-refractivity contribution in [3.05, 3.63) is 64.1 Å². The van der Waals surface area contributed by atoms with Gasteiger partial charge in [0.25, 0.3) is 0 Å². The number of nitrogens with zero attached hydrogens (tertiary/aromatic N) is 3. The van der Waals surface area contributed by atoms with E-state index in [9.17, 15) is 4.79 Å². The van der Waals surface area contributed by atoms with Crippen molar-refractivity contribution in [3.63, 3.8) is 0 Å². The zero-order chi connectivity index (χ0) is 18.5. The first-order valence-electron chi connectivity index (χ1n) is 8.72. The molecule has 0 unspecified atom stereocenters. The van der Waals surface area contributed by atoms with Crippen molar-refractivity contribution in [2.75, 3.05) is 44.7 Å². The van der Waals surface area contributed by atoms with Gasteiger partial charge in [-0.25, -0.2) is 0 Å².